The van der Waals surface area contributed by atoms with Crippen molar-refractivity contribution in [2.45, 2.75) is 90.3 Å². The summed E-state index contributed by atoms with van der Waals surface area (Å²) in [4.78, 5) is 34.6. The van der Waals surface area contributed by atoms with Crippen LogP contribution < -0.4 is 0 Å². The van der Waals surface area contributed by atoms with Gasteiger partial charge in [0.1, 0.15) is 17.1 Å². The van der Waals surface area contributed by atoms with Gasteiger partial charge in [-0.2, -0.15) is 5.06 Å². The van der Waals surface area contributed by atoms with E-state index in [9.17, 15) is 9.59 Å². The van der Waals surface area contributed by atoms with Crippen LogP contribution in [-0.4, -0.2) is 70.0 Å². The van der Waals surface area contributed by atoms with Gasteiger partial charge in [-0.15, -0.1) is 0 Å². The molecule has 2 bridgehead atoms. The number of urea groups is 1. The van der Waals surface area contributed by atoms with Gasteiger partial charge in [0.2, 0.25) is 0 Å². The molecule has 3 aliphatic rings. The molecule has 9 heteroatoms. The third-order valence-electron chi connectivity index (χ3n) is 6.73. The molecule has 0 spiro atoms. The van der Waals surface area contributed by atoms with Gasteiger partial charge in [0, 0.05) is 32.1 Å². The Balaban J connectivity index is 1.29. The normalized spacial score (nSPS) is 24.0. The Hall–Kier alpha value is -2.29. The predicted octanol–water partition coefficient (Wildman–Crippen LogP) is 4.54. The molecule has 0 radical (unpaired) electrons. The lowest BCUT2D eigenvalue weighted by molar-refractivity contribution is -0.130. The Labute approximate surface area is 196 Å². The fourth-order valence-electron chi connectivity index (χ4n) is 4.93. The molecule has 9 nitrogen and oxygen atoms in total. The number of unbranched alkanes of at least 4 members (excludes halogenated alkanes) is 1. The quantitative estimate of drug-likeness (QED) is 0.553. The highest BCUT2D eigenvalue weighted by molar-refractivity contribution is 5.77. The number of carbonyl (C=O) groups is 2. The van der Waals surface area contributed by atoms with Crippen molar-refractivity contribution < 1.29 is 23.7 Å². The van der Waals surface area contributed by atoms with Crippen molar-refractivity contribution in [2.75, 3.05) is 26.2 Å². The topological polar surface area (TPSA) is 88.4 Å². The van der Waals surface area contributed by atoms with Crippen molar-refractivity contribution in [3.63, 3.8) is 0 Å². The number of hydrogen-bond donors (Lipinski definition) is 0. The lowest BCUT2D eigenvalue weighted by Gasteiger charge is -2.33. The van der Waals surface area contributed by atoms with Gasteiger partial charge in [-0.3, -0.25) is 4.84 Å². The van der Waals surface area contributed by atoms with Crippen LogP contribution in [0.2, 0.25) is 0 Å². The van der Waals surface area contributed by atoms with Crippen molar-refractivity contribution in [1.29, 1.82) is 0 Å². The van der Waals surface area contributed by atoms with Crippen LogP contribution in [0, 0.1) is 5.92 Å². The lowest BCUT2D eigenvalue weighted by atomic mass is 9.92. The first-order chi connectivity index (χ1) is 15.7. The standard InChI is InChI=1S/C24H38N4O5/c1-5-6-13-31-28-18-7-8-21(27(16-18)22(28)29)20-15-19(33-25-20)14-17-9-11-26(12-10-17)23(30)32-24(2,3)4/h15,17-18,21H,5-14,16H2,1-4H3/t18-,21-/m0/s1. The fourth-order valence-corrected chi connectivity index (χ4v) is 4.93. The summed E-state index contributed by atoms with van der Waals surface area (Å²) in [5.74, 6) is 1.29. The number of fused-ring (bicyclic) bond motifs is 2. The smallest absolute Gasteiger partial charge is 0.410 e. The van der Waals surface area contributed by atoms with E-state index >= 15 is 0 Å². The molecular formula is C24H38N4O5. The molecule has 0 unspecified atom stereocenters. The van der Waals surface area contributed by atoms with Crippen molar-refractivity contribution >= 4 is 12.1 Å². The van der Waals surface area contributed by atoms with Gasteiger partial charge in [0.25, 0.3) is 0 Å². The van der Waals surface area contributed by atoms with Gasteiger partial charge in [-0.1, -0.05) is 18.5 Å². The Morgan fingerprint density at radius 1 is 1.21 bits per heavy atom. The molecule has 184 valence electrons. The second-order valence-corrected chi connectivity index (χ2v) is 10.5. The highest BCUT2D eigenvalue weighted by atomic mass is 16.7. The molecule has 3 saturated heterocycles. The fraction of sp³-hybridized carbons (Fsp3) is 0.792. The Morgan fingerprint density at radius 3 is 2.67 bits per heavy atom. The number of piperidine rings is 2. The van der Waals surface area contributed by atoms with Gasteiger partial charge in [-0.25, -0.2) is 9.59 Å². The van der Waals surface area contributed by atoms with Crippen molar-refractivity contribution in [1.82, 2.24) is 20.0 Å². The molecular weight excluding hydrogens is 424 g/mol. The van der Waals surface area contributed by atoms with Gasteiger partial charge in [0.05, 0.1) is 18.7 Å². The highest BCUT2D eigenvalue weighted by Gasteiger charge is 2.46. The molecule has 3 amide bonds. The first kappa shape index (κ1) is 23.9. The Kier molecular flexibility index (Phi) is 7.16. The zero-order valence-electron chi connectivity index (χ0n) is 20.4. The van der Waals surface area contributed by atoms with Gasteiger partial charge in [0.15, 0.2) is 0 Å². The SMILES string of the molecule is CCCCON1C(=O)N2C[C@@H]1CC[C@H]2c1cc(CC2CCN(C(=O)OC(C)(C)C)CC2)on1. The third kappa shape index (κ3) is 5.62. The molecule has 2 atom stereocenters. The summed E-state index contributed by atoms with van der Waals surface area (Å²) in [6.07, 6.45) is 6.15. The monoisotopic (exact) mass is 462 g/mol. The lowest BCUT2D eigenvalue weighted by Crippen LogP contribution is -2.42. The first-order valence-corrected chi connectivity index (χ1v) is 12.4. The Morgan fingerprint density at radius 2 is 1.97 bits per heavy atom. The number of likely N-dealkylation sites (tertiary alicyclic amines) is 1. The number of amides is 3. The average molecular weight is 463 g/mol. The van der Waals surface area contributed by atoms with E-state index in [1.807, 2.05) is 31.7 Å². The molecule has 3 fully saturated rings. The Bertz CT molecular complexity index is 827. The van der Waals surface area contributed by atoms with Crippen LogP contribution in [0.15, 0.2) is 10.6 Å². The van der Waals surface area contributed by atoms with Crippen LogP contribution in [0.1, 0.15) is 83.7 Å². The molecule has 1 aromatic heterocycles. The summed E-state index contributed by atoms with van der Waals surface area (Å²) in [5.41, 5.74) is 0.358. The minimum absolute atomic E-state index is 0.0555. The number of rotatable bonds is 7. The van der Waals surface area contributed by atoms with Crippen molar-refractivity contribution in [2.24, 2.45) is 5.92 Å². The summed E-state index contributed by atoms with van der Waals surface area (Å²) < 4.78 is 11.2. The van der Waals surface area contributed by atoms with E-state index in [0.717, 1.165) is 56.4 Å². The molecule has 33 heavy (non-hydrogen) atoms. The van der Waals surface area contributed by atoms with Crippen LogP contribution >= 0.6 is 0 Å². The van der Waals surface area contributed by atoms with E-state index in [2.05, 4.69) is 12.1 Å². The van der Waals surface area contributed by atoms with E-state index in [0.29, 0.717) is 32.2 Å². The highest BCUT2D eigenvalue weighted by Crippen LogP contribution is 2.38. The molecule has 0 aromatic carbocycles. The van der Waals surface area contributed by atoms with Gasteiger partial charge in [-0.05, 0) is 58.8 Å². The summed E-state index contributed by atoms with van der Waals surface area (Å²) in [5, 5.41) is 5.91. The number of aromatic nitrogens is 1. The molecule has 4 heterocycles. The maximum absolute atomic E-state index is 12.9. The van der Waals surface area contributed by atoms with Crippen LogP contribution in [0.4, 0.5) is 9.59 Å². The van der Waals surface area contributed by atoms with E-state index < -0.39 is 5.60 Å². The number of hydroxylamine groups is 2. The van der Waals surface area contributed by atoms with Crippen LogP contribution in [0.25, 0.3) is 0 Å². The predicted molar refractivity (Wildman–Crippen MR) is 121 cm³/mol. The maximum Gasteiger partial charge on any atom is 0.410 e. The average Bonchev–Trinajstić information content (AvgIpc) is 3.32. The van der Waals surface area contributed by atoms with E-state index in [1.54, 1.807) is 9.96 Å². The van der Waals surface area contributed by atoms with E-state index in [4.69, 9.17) is 14.1 Å². The van der Waals surface area contributed by atoms with Crippen molar-refractivity contribution in [3.8, 4) is 0 Å². The number of carbonyl (C=O) groups excluding carboxylic acids is 2. The molecule has 0 N–H and O–H groups in total. The van der Waals surface area contributed by atoms with Crippen LogP contribution in [0.3, 0.4) is 0 Å². The van der Waals surface area contributed by atoms with Gasteiger partial charge >= 0.3 is 12.1 Å². The number of hydrogen-bond acceptors (Lipinski definition) is 6. The van der Waals surface area contributed by atoms with Crippen LogP contribution in [0.5, 0.6) is 0 Å². The molecule has 1 aromatic rings. The zero-order valence-corrected chi connectivity index (χ0v) is 20.4. The largest absolute Gasteiger partial charge is 0.444 e. The second kappa shape index (κ2) is 9.91. The van der Waals surface area contributed by atoms with Crippen molar-refractivity contribution in [3.05, 3.63) is 17.5 Å². The van der Waals surface area contributed by atoms with Gasteiger partial charge < -0.3 is 19.1 Å². The minimum Gasteiger partial charge on any atom is -0.444 e. The third-order valence-corrected chi connectivity index (χ3v) is 6.73. The summed E-state index contributed by atoms with van der Waals surface area (Å²) in [6, 6.07) is 2.03. The molecule has 0 saturated carbocycles. The minimum atomic E-state index is -0.474. The molecule has 0 aliphatic carbocycles. The molecule has 4 rings (SSSR count). The van der Waals surface area contributed by atoms with E-state index in [1.165, 1.54) is 0 Å². The van der Waals surface area contributed by atoms with Crippen LogP contribution in [-0.2, 0) is 16.0 Å². The second-order valence-electron chi connectivity index (χ2n) is 10.5. The maximum atomic E-state index is 12.9. The number of nitrogens with zero attached hydrogens (tertiary/aromatic N) is 4. The zero-order chi connectivity index (χ0) is 23.6. The molecule has 3 aliphatic heterocycles. The summed E-state index contributed by atoms with van der Waals surface area (Å²) in [6.45, 7) is 10.4. The summed E-state index contributed by atoms with van der Waals surface area (Å²) in [7, 11) is 0. The first-order valence-electron chi connectivity index (χ1n) is 12.4. The van der Waals surface area contributed by atoms with E-state index in [-0.39, 0.29) is 24.2 Å². The number of ether oxygens (including phenoxy) is 1. The summed E-state index contributed by atoms with van der Waals surface area (Å²) >= 11 is 0.